The van der Waals surface area contributed by atoms with Crippen molar-refractivity contribution in [3.05, 3.63) is 64.7 Å². The SMILES string of the molecule is COc1ccc(S(=O)(=O)N2CCc3ccccc32)cc1C(=O)Nc1ncc(C)s1. The van der Waals surface area contributed by atoms with Crippen molar-refractivity contribution in [2.24, 2.45) is 0 Å². The maximum Gasteiger partial charge on any atom is 0.264 e. The summed E-state index contributed by atoms with van der Waals surface area (Å²) in [6.45, 7) is 2.25. The minimum absolute atomic E-state index is 0.0375. The van der Waals surface area contributed by atoms with Crippen molar-refractivity contribution in [3.63, 3.8) is 0 Å². The average Bonchev–Trinajstić information content (AvgIpc) is 3.33. The number of thiazole rings is 1. The van der Waals surface area contributed by atoms with E-state index in [2.05, 4.69) is 10.3 Å². The lowest BCUT2D eigenvalue weighted by molar-refractivity contribution is 0.102. The van der Waals surface area contributed by atoms with Crippen LogP contribution in [-0.4, -0.2) is 33.0 Å². The van der Waals surface area contributed by atoms with E-state index in [9.17, 15) is 13.2 Å². The quantitative estimate of drug-likeness (QED) is 0.671. The summed E-state index contributed by atoms with van der Waals surface area (Å²) in [4.78, 5) is 17.9. The standard InChI is InChI=1S/C20H19N3O4S2/c1-13-12-21-20(28-13)22-19(24)16-11-15(7-8-18(16)27-2)29(25,26)23-10-9-14-5-3-4-6-17(14)23/h3-8,11-12H,9-10H2,1-2H3,(H,21,22,24). The van der Waals surface area contributed by atoms with Crippen molar-refractivity contribution in [2.75, 3.05) is 23.3 Å². The number of nitrogens with zero attached hydrogens (tertiary/aromatic N) is 2. The summed E-state index contributed by atoms with van der Waals surface area (Å²) in [6.07, 6.45) is 2.31. The monoisotopic (exact) mass is 429 g/mol. The molecule has 1 aliphatic heterocycles. The summed E-state index contributed by atoms with van der Waals surface area (Å²) >= 11 is 1.34. The van der Waals surface area contributed by atoms with E-state index in [4.69, 9.17) is 4.74 Å². The normalized spacial score (nSPS) is 13.2. The molecule has 3 aromatic rings. The Morgan fingerprint density at radius 3 is 2.76 bits per heavy atom. The van der Waals surface area contributed by atoms with Crippen LogP contribution in [0.5, 0.6) is 5.75 Å². The number of ether oxygens (including phenoxy) is 1. The summed E-state index contributed by atoms with van der Waals surface area (Å²) < 4.78 is 33.2. The van der Waals surface area contributed by atoms with Crippen molar-refractivity contribution < 1.29 is 17.9 Å². The largest absolute Gasteiger partial charge is 0.496 e. The van der Waals surface area contributed by atoms with E-state index >= 15 is 0 Å². The number of aromatic nitrogens is 1. The summed E-state index contributed by atoms with van der Waals surface area (Å²) in [7, 11) is -2.38. The number of para-hydroxylation sites is 1. The molecule has 1 N–H and O–H groups in total. The van der Waals surface area contributed by atoms with Crippen molar-refractivity contribution >= 4 is 38.1 Å². The first-order valence-corrected chi connectivity index (χ1v) is 11.2. The van der Waals surface area contributed by atoms with Crippen LogP contribution in [-0.2, 0) is 16.4 Å². The van der Waals surface area contributed by atoms with Crippen LogP contribution in [0.4, 0.5) is 10.8 Å². The number of fused-ring (bicyclic) bond motifs is 1. The third kappa shape index (κ3) is 3.58. The highest BCUT2D eigenvalue weighted by molar-refractivity contribution is 7.92. The molecule has 0 fully saturated rings. The molecule has 1 aliphatic rings. The maximum absolute atomic E-state index is 13.3. The summed E-state index contributed by atoms with van der Waals surface area (Å²) in [5.74, 6) is -0.188. The first-order chi connectivity index (χ1) is 13.9. The number of carbonyl (C=O) groups excluding carboxylic acids is 1. The number of hydrogen-bond donors (Lipinski definition) is 1. The van der Waals surface area contributed by atoms with Gasteiger partial charge >= 0.3 is 0 Å². The Morgan fingerprint density at radius 2 is 2.03 bits per heavy atom. The predicted molar refractivity (Wildman–Crippen MR) is 112 cm³/mol. The lowest BCUT2D eigenvalue weighted by atomic mass is 10.2. The summed E-state index contributed by atoms with van der Waals surface area (Å²) in [6, 6.07) is 11.7. The third-order valence-corrected chi connectivity index (χ3v) is 7.33. The maximum atomic E-state index is 13.3. The fourth-order valence-corrected chi connectivity index (χ4v) is 5.48. The molecule has 9 heteroatoms. The lowest BCUT2D eigenvalue weighted by Gasteiger charge is -2.20. The highest BCUT2D eigenvalue weighted by atomic mass is 32.2. The molecule has 150 valence electrons. The summed E-state index contributed by atoms with van der Waals surface area (Å²) in [5.41, 5.74) is 1.79. The Balaban J connectivity index is 1.70. The number of carbonyl (C=O) groups is 1. The van der Waals surface area contributed by atoms with Crippen LogP contribution in [0.2, 0.25) is 0 Å². The van der Waals surface area contributed by atoms with Crippen LogP contribution in [0, 0.1) is 6.92 Å². The molecule has 2 aromatic carbocycles. The number of anilines is 2. The Labute approximate surface area is 173 Å². The van der Waals surface area contributed by atoms with Gasteiger partial charge in [0, 0.05) is 17.6 Å². The van der Waals surface area contributed by atoms with Crippen LogP contribution in [0.1, 0.15) is 20.8 Å². The number of hydrogen-bond acceptors (Lipinski definition) is 6. The number of benzene rings is 2. The number of methoxy groups -OCH3 is 1. The number of nitrogens with one attached hydrogen (secondary N) is 1. The van der Waals surface area contributed by atoms with Gasteiger partial charge in [-0.2, -0.15) is 0 Å². The predicted octanol–water partition coefficient (Wildman–Crippen LogP) is 3.46. The van der Waals surface area contributed by atoms with E-state index in [-0.39, 0.29) is 16.2 Å². The topological polar surface area (TPSA) is 88.6 Å². The Kier molecular flexibility index (Phi) is 5.01. The van der Waals surface area contributed by atoms with Crippen LogP contribution >= 0.6 is 11.3 Å². The van der Waals surface area contributed by atoms with Crippen LogP contribution in [0.3, 0.4) is 0 Å². The van der Waals surface area contributed by atoms with Gasteiger partial charge < -0.3 is 4.74 Å². The van der Waals surface area contributed by atoms with Gasteiger partial charge in [0.2, 0.25) is 0 Å². The molecule has 0 saturated heterocycles. The van der Waals surface area contributed by atoms with E-state index in [0.717, 1.165) is 10.4 Å². The third-order valence-electron chi connectivity index (χ3n) is 4.69. The first kappa shape index (κ1) is 19.4. The molecule has 0 radical (unpaired) electrons. The van der Waals surface area contributed by atoms with Gasteiger partial charge in [-0.1, -0.05) is 18.2 Å². The molecule has 7 nitrogen and oxygen atoms in total. The molecule has 2 heterocycles. The van der Waals surface area contributed by atoms with Gasteiger partial charge in [0.05, 0.1) is 23.3 Å². The van der Waals surface area contributed by atoms with Gasteiger partial charge in [0.15, 0.2) is 5.13 Å². The van der Waals surface area contributed by atoms with E-state index in [1.54, 1.807) is 12.3 Å². The minimum atomic E-state index is -3.82. The molecule has 0 spiro atoms. The highest BCUT2D eigenvalue weighted by Crippen LogP contribution is 2.34. The second-order valence-corrected chi connectivity index (χ2v) is 9.65. The van der Waals surface area contributed by atoms with Gasteiger partial charge in [-0.3, -0.25) is 14.4 Å². The van der Waals surface area contributed by atoms with Gasteiger partial charge in [0.25, 0.3) is 15.9 Å². The molecule has 0 unspecified atom stereocenters. The molecule has 1 aromatic heterocycles. The fourth-order valence-electron chi connectivity index (χ4n) is 3.29. The van der Waals surface area contributed by atoms with Gasteiger partial charge in [-0.25, -0.2) is 13.4 Å². The van der Waals surface area contributed by atoms with Crippen LogP contribution in [0.25, 0.3) is 0 Å². The van der Waals surface area contributed by atoms with Crippen molar-refractivity contribution in [3.8, 4) is 5.75 Å². The molecule has 4 rings (SSSR count). The van der Waals surface area contributed by atoms with E-state index in [0.29, 0.717) is 23.8 Å². The van der Waals surface area contributed by atoms with Crippen molar-refractivity contribution in [1.82, 2.24) is 4.98 Å². The minimum Gasteiger partial charge on any atom is -0.496 e. The van der Waals surface area contributed by atoms with E-state index in [1.165, 1.54) is 41.0 Å². The highest BCUT2D eigenvalue weighted by Gasteiger charge is 2.31. The van der Waals surface area contributed by atoms with Gasteiger partial charge in [-0.15, -0.1) is 11.3 Å². The second kappa shape index (κ2) is 7.49. The number of rotatable bonds is 5. The zero-order valence-electron chi connectivity index (χ0n) is 15.9. The molecular formula is C20H19N3O4S2. The molecule has 0 saturated carbocycles. The summed E-state index contributed by atoms with van der Waals surface area (Å²) in [5, 5.41) is 3.14. The molecule has 1 amide bonds. The van der Waals surface area contributed by atoms with Crippen molar-refractivity contribution in [1.29, 1.82) is 0 Å². The van der Waals surface area contributed by atoms with Crippen LogP contribution in [0.15, 0.2) is 53.6 Å². The number of aryl methyl sites for hydroxylation is 1. The molecule has 29 heavy (non-hydrogen) atoms. The molecule has 0 atom stereocenters. The van der Waals surface area contributed by atoms with Crippen LogP contribution < -0.4 is 14.4 Å². The molecule has 0 aliphatic carbocycles. The van der Waals surface area contributed by atoms with Crippen molar-refractivity contribution in [2.45, 2.75) is 18.2 Å². The smallest absolute Gasteiger partial charge is 0.264 e. The zero-order valence-corrected chi connectivity index (χ0v) is 17.5. The number of amides is 1. The zero-order chi connectivity index (χ0) is 20.6. The first-order valence-electron chi connectivity index (χ1n) is 8.92. The second-order valence-electron chi connectivity index (χ2n) is 6.55. The lowest BCUT2D eigenvalue weighted by Crippen LogP contribution is -2.29. The Morgan fingerprint density at radius 1 is 1.24 bits per heavy atom. The van der Waals surface area contributed by atoms with Gasteiger partial charge in [0.1, 0.15) is 5.75 Å². The van der Waals surface area contributed by atoms with E-state index in [1.807, 2.05) is 25.1 Å². The Hall–Kier alpha value is -2.91. The molecular weight excluding hydrogens is 410 g/mol. The number of sulfonamides is 1. The van der Waals surface area contributed by atoms with Gasteiger partial charge in [-0.05, 0) is 43.2 Å². The fraction of sp³-hybridized carbons (Fsp3) is 0.200. The average molecular weight is 430 g/mol. The Bertz CT molecular complexity index is 1190. The van der Waals surface area contributed by atoms with E-state index < -0.39 is 15.9 Å². The molecule has 0 bridgehead atoms.